The third-order valence-electron chi connectivity index (χ3n) is 6.74. The topological polar surface area (TPSA) is 94.3 Å². The van der Waals surface area contributed by atoms with Gasteiger partial charge in [-0.3, -0.25) is 14.1 Å². The number of unbranched alkanes of at least 4 members (excludes halogenated alkanes) is 1. The summed E-state index contributed by atoms with van der Waals surface area (Å²) in [7, 11) is 0. The van der Waals surface area contributed by atoms with Gasteiger partial charge in [0.05, 0.1) is 12.2 Å². The Hall–Kier alpha value is -3.55. The van der Waals surface area contributed by atoms with Crippen LogP contribution in [0.1, 0.15) is 57.0 Å². The zero-order valence-electron chi connectivity index (χ0n) is 19.1. The van der Waals surface area contributed by atoms with Crippen molar-refractivity contribution >= 4 is 0 Å². The summed E-state index contributed by atoms with van der Waals surface area (Å²) in [5.74, 6) is 1.12. The van der Waals surface area contributed by atoms with E-state index >= 15 is 0 Å². The van der Waals surface area contributed by atoms with Crippen molar-refractivity contribution in [2.24, 2.45) is 5.92 Å². The molecule has 3 heterocycles. The van der Waals surface area contributed by atoms with Gasteiger partial charge in [-0.1, -0.05) is 38.5 Å². The number of rotatable bonds is 8. The molecule has 5 rings (SSSR count). The van der Waals surface area contributed by atoms with Gasteiger partial charge in [0.1, 0.15) is 0 Å². The number of aromatic amines is 1. The predicted octanol–water partition coefficient (Wildman–Crippen LogP) is 4.25. The van der Waals surface area contributed by atoms with Crippen molar-refractivity contribution in [3.8, 4) is 22.5 Å². The maximum Gasteiger partial charge on any atom is 0.328 e. The number of tetrazole rings is 1. The molecule has 0 saturated heterocycles. The molecule has 0 amide bonds. The Balaban J connectivity index is 1.46. The number of imidazole rings is 1. The number of hydrogen-bond donors (Lipinski definition) is 1. The van der Waals surface area contributed by atoms with Gasteiger partial charge in [0.15, 0.2) is 0 Å². The lowest BCUT2D eigenvalue weighted by Crippen LogP contribution is -2.35. The van der Waals surface area contributed by atoms with Gasteiger partial charge >= 0.3 is 5.69 Å². The molecule has 1 aliphatic rings. The molecular weight excluding hydrogens is 414 g/mol. The van der Waals surface area contributed by atoms with Crippen LogP contribution in [-0.2, 0) is 13.0 Å². The number of aryl methyl sites for hydroxylation is 1. The van der Waals surface area contributed by atoms with Crippen LogP contribution in [0.25, 0.3) is 22.5 Å². The Labute approximate surface area is 192 Å². The second-order valence-electron chi connectivity index (χ2n) is 8.97. The number of hydrogen-bond acceptors (Lipinski definition) is 5. The number of nitrogens with zero attached hydrogens (tertiary/aromatic N) is 6. The molecule has 1 saturated carbocycles. The lowest BCUT2D eigenvalue weighted by molar-refractivity contribution is 0.196. The largest absolute Gasteiger partial charge is 0.328 e. The molecule has 3 aromatic heterocycles. The molecule has 0 aliphatic heterocycles. The molecule has 33 heavy (non-hydrogen) atoms. The molecule has 0 bridgehead atoms. The van der Waals surface area contributed by atoms with Gasteiger partial charge in [-0.25, -0.2) is 4.79 Å². The van der Waals surface area contributed by atoms with E-state index in [9.17, 15) is 4.79 Å². The second kappa shape index (κ2) is 9.13. The van der Waals surface area contributed by atoms with Gasteiger partial charge in [0.2, 0.25) is 5.82 Å². The Morgan fingerprint density at radius 1 is 1.12 bits per heavy atom. The summed E-state index contributed by atoms with van der Waals surface area (Å²) in [6.07, 6.45) is 9.27. The Kier molecular flexibility index (Phi) is 5.90. The molecule has 0 spiro atoms. The zero-order valence-corrected chi connectivity index (χ0v) is 19.1. The monoisotopic (exact) mass is 443 g/mol. The summed E-state index contributed by atoms with van der Waals surface area (Å²) >= 11 is 0. The van der Waals surface area contributed by atoms with E-state index in [0.717, 1.165) is 53.8 Å². The van der Waals surface area contributed by atoms with E-state index in [1.54, 1.807) is 0 Å². The van der Waals surface area contributed by atoms with E-state index < -0.39 is 0 Å². The number of pyridine rings is 1. The van der Waals surface area contributed by atoms with Crippen LogP contribution >= 0.6 is 0 Å². The predicted molar refractivity (Wildman–Crippen MR) is 127 cm³/mol. The first-order chi connectivity index (χ1) is 16.1. The van der Waals surface area contributed by atoms with Crippen LogP contribution in [0.4, 0.5) is 0 Å². The highest BCUT2D eigenvalue weighted by atomic mass is 16.1. The maximum atomic E-state index is 13.3. The summed E-state index contributed by atoms with van der Waals surface area (Å²) < 4.78 is 3.89. The second-order valence-corrected chi connectivity index (χ2v) is 8.97. The molecule has 8 nitrogen and oxygen atoms in total. The first kappa shape index (κ1) is 21.3. The molecule has 2 atom stereocenters. The lowest BCUT2D eigenvalue weighted by atomic mass is 9.81. The molecule has 1 N–H and O–H groups in total. The highest BCUT2D eigenvalue weighted by Crippen LogP contribution is 2.37. The lowest BCUT2D eigenvalue weighted by Gasteiger charge is -2.34. The Morgan fingerprint density at radius 2 is 1.97 bits per heavy atom. The third kappa shape index (κ3) is 4.25. The van der Waals surface area contributed by atoms with Gasteiger partial charge < -0.3 is 0 Å². The van der Waals surface area contributed by atoms with E-state index in [0.29, 0.717) is 24.3 Å². The summed E-state index contributed by atoms with van der Waals surface area (Å²) in [6, 6.07) is 12.4. The molecule has 2 unspecified atom stereocenters. The fourth-order valence-corrected chi connectivity index (χ4v) is 4.60. The minimum Gasteiger partial charge on any atom is -0.296 e. The molecule has 1 fully saturated rings. The van der Waals surface area contributed by atoms with Gasteiger partial charge in [-0.2, -0.15) is 5.21 Å². The SMILES string of the molecule is CCCCc1cn(C2CCC2C)c(=O)n1Cc1cc(-c2cccc(-c3nn[nH]n3)c2)ccn1. The van der Waals surface area contributed by atoms with Crippen LogP contribution < -0.4 is 5.69 Å². The number of nitrogens with one attached hydrogen (secondary N) is 1. The quantitative estimate of drug-likeness (QED) is 0.439. The minimum atomic E-state index is 0.0870. The van der Waals surface area contributed by atoms with Crippen LogP contribution in [0.2, 0.25) is 0 Å². The maximum absolute atomic E-state index is 13.3. The van der Waals surface area contributed by atoms with E-state index in [1.807, 2.05) is 39.6 Å². The zero-order chi connectivity index (χ0) is 22.8. The Bertz CT molecular complexity index is 1290. The van der Waals surface area contributed by atoms with Crippen molar-refractivity contribution in [3.63, 3.8) is 0 Å². The van der Waals surface area contributed by atoms with Crippen molar-refractivity contribution in [1.29, 1.82) is 0 Å². The molecular formula is C25H29N7O. The fourth-order valence-electron chi connectivity index (χ4n) is 4.60. The van der Waals surface area contributed by atoms with Gasteiger partial charge in [-0.15, -0.1) is 10.2 Å². The molecule has 1 aromatic carbocycles. The van der Waals surface area contributed by atoms with Gasteiger partial charge in [0, 0.05) is 29.7 Å². The van der Waals surface area contributed by atoms with Crippen molar-refractivity contribution in [2.45, 2.75) is 58.5 Å². The van der Waals surface area contributed by atoms with Crippen LogP contribution in [-0.4, -0.2) is 34.7 Å². The normalized spacial score (nSPS) is 17.8. The molecule has 170 valence electrons. The molecule has 4 aromatic rings. The van der Waals surface area contributed by atoms with Crippen molar-refractivity contribution in [2.75, 3.05) is 0 Å². The number of benzene rings is 1. The smallest absolute Gasteiger partial charge is 0.296 e. The van der Waals surface area contributed by atoms with Crippen LogP contribution in [0.15, 0.2) is 53.6 Å². The van der Waals surface area contributed by atoms with Crippen molar-refractivity contribution in [3.05, 3.63) is 70.7 Å². The van der Waals surface area contributed by atoms with Crippen LogP contribution in [0.5, 0.6) is 0 Å². The van der Waals surface area contributed by atoms with E-state index in [1.165, 1.54) is 6.42 Å². The van der Waals surface area contributed by atoms with Crippen LogP contribution in [0.3, 0.4) is 0 Å². The highest BCUT2D eigenvalue weighted by Gasteiger charge is 2.30. The molecule has 0 radical (unpaired) electrons. The summed E-state index contributed by atoms with van der Waals surface area (Å²) in [5, 5.41) is 14.3. The third-order valence-corrected chi connectivity index (χ3v) is 6.74. The summed E-state index contributed by atoms with van der Waals surface area (Å²) in [4.78, 5) is 17.9. The molecule has 1 aliphatic carbocycles. The van der Waals surface area contributed by atoms with Crippen LogP contribution in [0, 0.1) is 5.92 Å². The van der Waals surface area contributed by atoms with E-state index in [2.05, 4.69) is 57.8 Å². The first-order valence-corrected chi connectivity index (χ1v) is 11.7. The standard InChI is InChI=1S/C25H29N7O/c1-3-4-8-22-16-32(23-10-9-17(23)2)25(33)31(22)15-21-14-19(11-12-26-21)18-6-5-7-20(13-18)24-27-29-30-28-24/h5-7,11-14,16-17,23H,3-4,8-10,15H2,1-2H3,(H,27,28,29,30). The minimum absolute atomic E-state index is 0.0870. The van der Waals surface area contributed by atoms with E-state index in [4.69, 9.17) is 0 Å². The van der Waals surface area contributed by atoms with Gasteiger partial charge in [0.25, 0.3) is 0 Å². The highest BCUT2D eigenvalue weighted by molar-refractivity contribution is 5.70. The Morgan fingerprint density at radius 3 is 2.70 bits per heavy atom. The first-order valence-electron chi connectivity index (χ1n) is 11.7. The average Bonchev–Trinajstić information content (AvgIpc) is 3.47. The summed E-state index contributed by atoms with van der Waals surface area (Å²) in [6.45, 7) is 4.89. The van der Waals surface area contributed by atoms with E-state index in [-0.39, 0.29) is 5.69 Å². The van der Waals surface area contributed by atoms with Gasteiger partial charge in [-0.05, 0) is 66.1 Å². The van der Waals surface area contributed by atoms with Crippen molar-refractivity contribution < 1.29 is 0 Å². The molecule has 8 heteroatoms. The van der Waals surface area contributed by atoms with Crippen molar-refractivity contribution in [1.82, 2.24) is 34.7 Å². The summed E-state index contributed by atoms with van der Waals surface area (Å²) in [5.41, 5.74) is 5.04. The number of aromatic nitrogens is 7. The average molecular weight is 444 g/mol. The number of H-pyrrole nitrogens is 1. The fraction of sp³-hybridized carbons (Fsp3) is 0.400.